The number of hydrogen-bond donors (Lipinski definition) is 0. The van der Waals surface area contributed by atoms with Crippen LogP contribution in [0.25, 0.3) is 10.9 Å². The monoisotopic (exact) mass is 607 g/mol. The van der Waals surface area contributed by atoms with E-state index in [1.165, 1.54) is 0 Å². The largest absolute Gasteiger partial charge is 0.461 e. The smallest absolute Gasteiger partial charge is 0.410 e. The minimum Gasteiger partial charge on any atom is -0.461 e. The van der Waals surface area contributed by atoms with Crippen molar-refractivity contribution in [2.45, 2.75) is 75.8 Å². The number of anilines is 1. The minimum atomic E-state index is -0.822. The third-order valence-corrected chi connectivity index (χ3v) is 8.65. The average Bonchev–Trinajstić information content (AvgIpc) is 3.53. The van der Waals surface area contributed by atoms with Gasteiger partial charge in [-0.2, -0.15) is 9.97 Å². The van der Waals surface area contributed by atoms with Gasteiger partial charge in [-0.3, -0.25) is 4.90 Å². The molecule has 214 valence electrons. The van der Waals surface area contributed by atoms with E-state index >= 15 is 0 Å². The molecule has 1 aromatic heterocycles. The molecule has 0 radical (unpaired) electrons. The van der Waals surface area contributed by atoms with Crippen molar-refractivity contribution < 1.29 is 23.4 Å². The van der Waals surface area contributed by atoms with Crippen LogP contribution in [0, 0.1) is 0 Å². The first-order valence-corrected chi connectivity index (χ1v) is 14.5. The first kappa shape index (κ1) is 28.3. The van der Waals surface area contributed by atoms with Crippen LogP contribution in [-0.4, -0.2) is 102 Å². The summed E-state index contributed by atoms with van der Waals surface area (Å²) in [6.07, 6.45) is 2.02. The Morgan fingerprint density at radius 2 is 2.08 bits per heavy atom. The number of ether oxygens (including phenoxy) is 3. The number of carbonyl (C=O) groups is 1. The van der Waals surface area contributed by atoms with Crippen LogP contribution in [-0.2, 0) is 9.47 Å². The van der Waals surface area contributed by atoms with Crippen molar-refractivity contribution in [3.05, 3.63) is 22.7 Å². The first-order chi connectivity index (χ1) is 18.5. The fraction of sp³-hybridized carbons (Fsp3) is 0.679. The second kappa shape index (κ2) is 11.0. The van der Waals surface area contributed by atoms with Gasteiger partial charge in [0.15, 0.2) is 0 Å². The molecule has 11 heteroatoms. The molecule has 2 aromatic rings. The zero-order valence-electron chi connectivity index (χ0n) is 23.5. The van der Waals surface area contributed by atoms with Gasteiger partial charge < -0.3 is 24.0 Å². The highest BCUT2D eigenvalue weighted by molar-refractivity contribution is 9.10. The molecule has 3 fully saturated rings. The molecule has 3 aliphatic heterocycles. The molecule has 3 aliphatic rings. The van der Waals surface area contributed by atoms with E-state index in [-0.39, 0.29) is 29.7 Å². The molecule has 1 amide bonds. The summed E-state index contributed by atoms with van der Waals surface area (Å²) in [4.78, 5) is 28.7. The zero-order valence-corrected chi connectivity index (χ0v) is 25.0. The van der Waals surface area contributed by atoms with Gasteiger partial charge in [0.1, 0.15) is 24.2 Å². The van der Waals surface area contributed by atoms with E-state index in [2.05, 4.69) is 25.7 Å². The Morgan fingerprint density at radius 3 is 2.82 bits per heavy atom. The molecule has 3 saturated heterocycles. The maximum Gasteiger partial charge on any atom is 0.410 e. The predicted octanol–water partition coefficient (Wildman–Crippen LogP) is 4.81. The minimum absolute atomic E-state index is 0.0573. The van der Waals surface area contributed by atoms with E-state index in [9.17, 15) is 9.18 Å². The lowest BCUT2D eigenvalue weighted by molar-refractivity contribution is 0.0136. The Morgan fingerprint density at radius 1 is 1.28 bits per heavy atom. The van der Waals surface area contributed by atoms with E-state index in [1.807, 2.05) is 46.0 Å². The van der Waals surface area contributed by atoms with Crippen LogP contribution in [0.2, 0.25) is 0 Å². The average molecular weight is 609 g/mol. The Balaban J connectivity index is 1.43. The highest BCUT2D eigenvalue weighted by Gasteiger charge is 2.49. The molecule has 5 rings (SSSR count). The summed E-state index contributed by atoms with van der Waals surface area (Å²) < 4.78 is 32.7. The number of likely N-dealkylation sites (tertiary alicyclic amines) is 1. The summed E-state index contributed by atoms with van der Waals surface area (Å²) in [5.41, 5.74) is -0.127. The third-order valence-electron chi connectivity index (χ3n) is 8.16. The van der Waals surface area contributed by atoms with Crippen molar-refractivity contribution >= 4 is 38.7 Å². The molecule has 4 heterocycles. The van der Waals surface area contributed by atoms with Crippen LogP contribution in [0.3, 0.4) is 0 Å². The predicted molar refractivity (Wildman–Crippen MR) is 151 cm³/mol. The molecule has 0 bridgehead atoms. The Hall–Kier alpha value is -2.24. The SMILES string of the molecule is COCC1C(N(C)c2nc(OC[C@@]34CCCN3C[C@H](F)C4)nc3cc(Br)ccc23)CCN1C(=O)OC(C)(C)C. The van der Waals surface area contributed by atoms with E-state index in [1.54, 1.807) is 12.0 Å². The van der Waals surface area contributed by atoms with Crippen LogP contribution in [0.1, 0.15) is 46.5 Å². The van der Waals surface area contributed by atoms with Gasteiger partial charge in [0.2, 0.25) is 0 Å². The molecule has 0 spiro atoms. The topological polar surface area (TPSA) is 80.3 Å². The van der Waals surface area contributed by atoms with E-state index < -0.39 is 11.8 Å². The van der Waals surface area contributed by atoms with Crippen molar-refractivity contribution in [1.29, 1.82) is 0 Å². The Labute approximate surface area is 238 Å². The second-order valence-electron chi connectivity index (χ2n) is 12.0. The van der Waals surface area contributed by atoms with Crippen LogP contribution < -0.4 is 9.64 Å². The molecular formula is C28H39BrFN5O4. The lowest BCUT2D eigenvalue weighted by atomic mass is 9.95. The first-order valence-electron chi connectivity index (χ1n) is 13.7. The van der Waals surface area contributed by atoms with Gasteiger partial charge in [0.05, 0.1) is 29.7 Å². The molecule has 4 atom stereocenters. The second-order valence-corrected chi connectivity index (χ2v) is 12.9. The fourth-order valence-electron chi connectivity index (χ4n) is 6.41. The normalized spacial score (nSPS) is 27.3. The molecule has 9 nitrogen and oxygen atoms in total. The van der Waals surface area contributed by atoms with Crippen LogP contribution >= 0.6 is 15.9 Å². The number of hydrogen-bond acceptors (Lipinski definition) is 8. The fourth-order valence-corrected chi connectivity index (χ4v) is 6.76. The highest BCUT2D eigenvalue weighted by atomic mass is 79.9. The van der Waals surface area contributed by atoms with Gasteiger partial charge >= 0.3 is 12.1 Å². The van der Waals surface area contributed by atoms with Gasteiger partial charge in [-0.15, -0.1) is 0 Å². The summed E-state index contributed by atoms with van der Waals surface area (Å²) in [5, 5.41) is 0.880. The molecular weight excluding hydrogens is 569 g/mol. The van der Waals surface area contributed by atoms with Crippen molar-refractivity contribution in [3.63, 3.8) is 0 Å². The van der Waals surface area contributed by atoms with Gasteiger partial charge in [-0.25, -0.2) is 9.18 Å². The number of fused-ring (bicyclic) bond motifs is 2. The van der Waals surface area contributed by atoms with Gasteiger partial charge in [-0.05, 0) is 64.8 Å². The number of carbonyl (C=O) groups excluding carboxylic acids is 1. The van der Waals surface area contributed by atoms with Crippen LogP contribution in [0.15, 0.2) is 22.7 Å². The Kier molecular flexibility index (Phi) is 7.96. The van der Waals surface area contributed by atoms with E-state index in [4.69, 9.17) is 24.2 Å². The quantitative estimate of drug-likeness (QED) is 0.444. The number of benzene rings is 1. The summed E-state index contributed by atoms with van der Waals surface area (Å²) >= 11 is 3.56. The third kappa shape index (κ3) is 5.81. The maximum atomic E-state index is 14.3. The van der Waals surface area contributed by atoms with E-state index in [0.717, 1.165) is 47.0 Å². The molecule has 2 unspecified atom stereocenters. The molecule has 39 heavy (non-hydrogen) atoms. The molecule has 0 saturated carbocycles. The lowest BCUT2D eigenvalue weighted by Gasteiger charge is -2.34. The van der Waals surface area contributed by atoms with Crippen molar-refractivity contribution in [1.82, 2.24) is 19.8 Å². The number of methoxy groups -OCH3 is 1. The summed E-state index contributed by atoms with van der Waals surface area (Å²) in [5.74, 6) is 0.718. The molecule has 1 aromatic carbocycles. The van der Waals surface area contributed by atoms with E-state index in [0.29, 0.717) is 32.7 Å². The highest BCUT2D eigenvalue weighted by Crippen LogP contribution is 2.41. The molecule has 0 N–H and O–H groups in total. The number of aromatic nitrogens is 2. The Bertz CT molecular complexity index is 1210. The molecule has 0 aliphatic carbocycles. The lowest BCUT2D eigenvalue weighted by Crippen LogP contribution is -2.49. The van der Waals surface area contributed by atoms with Gasteiger partial charge in [-0.1, -0.05) is 15.9 Å². The van der Waals surface area contributed by atoms with Crippen molar-refractivity contribution in [3.8, 4) is 6.01 Å². The number of likely N-dealkylation sites (N-methyl/N-ethyl adjacent to an activating group) is 1. The summed E-state index contributed by atoms with van der Waals surface area (Å²) in [6, 6.07) is 5.90. The van der Waals surface area contributed by atoms with Crippen molar-refractivity contribution in [2.75, 3.05) is 51.9 Å². The van der Waals surface area contributed by atoms with Gasteiger partial charge in [0, 0.05) is 43.5 Å². The van der Waals surface area contributed by atoms with Gasteiger partial charge in [0.25, 0.3) is 0 Å². The van der Waals surface area contributed by atoms with Crippen LogP contribution in [0.5, 0.6) is 6.01 Å². The number of alkyl halides is 1. The zero-order chi connectivity index (χ0) is 27.9. The number of amides is 1. The standard InChI is InChI=1S/C28H39BrFN5O4/c1-27(2,3)39-26(36)35-12-9-22(23(35)16-37-5)33(4)24-20-8-7-18(29)13-21(20)31-25(32-24)38-17-28-10-6-11-34(28)15-19(30)14-28/h7-8,13,19,22-23H,6,9-12,14-17H2,1-5H3/t19-,22?,23?,28+/m1/s1. The maximum absolute atomic E-state index is 14.3. The number of rotatable bonds is 7. The number of nitrogens with zero attached hydrogens (tertiary/aromatic N) is 5. The van der Waals surface area contributed by atoms with Crippen molar-refractivity contribution in [2.24, 2.45) is 0 Å². The summed E-state index contributed by atoms with van der Waals surface area (Å²) in [7, 11) is 3.63. The summed E-state index contributed by atoms with van der Waals surface area (Å²) in [6.45, 7) is 8.26. The van der Waals surface area contributed by atoms with Crippen LogP contribution in [0.4, 0.5) is 15.0 Å². The number of halogens is 2.